The fraction of sp³-hybridized carbons (Fsp3) is 1.00. The summed E-state index contributed by atoms with van der Waals surface area (Å²) >= 11 is 0. The van der Waals surface area contributed by atoms with Crippen LogP contribution in [0, 0.1) is 5.41 Å². The van der Waals surface area contributed by atoms with Crippen LogP contribution in [0.25, 0.3) is 0 Å². The van der Waals surface area contributed by atoms with E-state index in [0.717, 1.165) is 12.1 Å². The predicted molar refractivity (Wildman–Crippen MR) is 78.9 cm³/mol. The van der Waals surface area contributed by atoms with Crippen molar-refractivity contribution in [2.24, 2.45) is 5.41 Å². The largest absolute Gasteiger partial charge is 0.315 e. The van der Waals surface area contributed by atoms with Crippen molar-refractivity contribution < 1.29 is 0 Å². The highest BCUT2D eigenvalue weighted by molar-refractivity contribution is 4.95. The van der Waals surface area contributed by atoms with Crippen molar-refractivity contribution in [2.75, 3.05) is 20.1 Å². The molecule has 1 saturated carbocycles. The van der Waals surface area contributed by atoms with Crippen molar-refractivity contribution in [3.05, 3.63) is 0 Å². The summed E-state index contributed by atoms with van der Waals surface area (Å²) in [6, 6.07) is 1.54. The zero-order valence-electron chi connectivity index (χ0n) is 12.7. The van der Waals surface area contributed by atoms with Crippen LogP contribution in [0.3, 0.4) is 0 Å². The Bertz CT molecular complexity index is 247. The fourth-order valence-electron chi connectivity index (χ4n) is 4.14. The molecule has 18 heavy (non-hydrogen) atoms. The number of hydrogen-bond acceptors (Lipinski definition) is 2. The standard InChI is InChI=1S/C16H32N2/c1-4-16(5-2)11-12-18(13-16)15-10-8-6-7-9-14(15)17-3/h14-15,17H,4-13H2,1-3H3. The van der Waals surface area contributed by atoms with Crippen LogP contribution in [-0.2, 0) is 0 Å². The summed E-state index contributed by atoms with van der Waals surface area (Å²) in [6.45, 7) is 7.46. The third-order valence-corrected chi connectivity index (χ3v) is 5.79. The van der Waals surface area contributed by atoms with Crippen molar-refractivity contribution in [2.45, 2.75) is 77.3 Å². The molecule has 106 valence electrons. The first-order chi connectivity index (χ1) is 8.74. The van der Waals surface area contributed by atoms with Gasteiger partial charge in [0, 0.05) is 18.6 Å². The Balaban J connectivity index is 2.01. The molecule has 2 atom stereocenters. The highest BCUT2D eigenvalue weighted by Crippen LogP contribution is 2.39. The molecule has 0 aromatic heterocycles. The summed E-state index contributed by atoms with van der Waals surface area (Å²) in [5.41, 5.74) is 0.630. The molecular weight excluding hydrogens is 220 g/mol. The second kappa shape index (κ2) is 6.38. The number of nitrogens with zero attached hydrogens (tertiary/aromatic N) is 1. The fourth-order valence-corrected chi connectivity index (χ4v) is 4.14. The first-order valence-electron chi connectivity index (χ1n) is 8.16. The molecule has 2 unspecified atom stereocenters. The lowest BCUT2D eigenvalue weighted by molar-refractivity contribution is 0.156. The lowest BCUT2D eigenvalue weighted by Crippen LogP contribution is -2.48. The van der Waals surface area contributed by atoms with E-state index in [2.05, 4.69) is 31.1 Å². The lowest BCUT2D eigenvalue weighted by atomic mass is 9.82. The van der Waals surface area contributed by atoms with E-state index in [1.165, 1.54) is 64.5 Å². The molecule has 0 aromatic carbocycles. The molecular formula is C16H32N2. The van der Waals surface area contributed by atoms with Gasteiger partial charge in [0.15, 0.2) is 0 Å². The Morgan fingerprint density at radius 3 is 2.44 bits per heavy atom. The highest BCUT2D eigenvalue weighted by atomic mass is 15.2. The van der Waals surface area contributed by atoms with Gasteiger partial charge < -0.3 is 5.32 Å². The maximum Gasteiger partial charge on any atom is 0.0249 e. The third-order valence-electron chi connectivity index (χ3n) is 5.79. The van der Waals surface area contributed by atoms with Crippen molar-refractivity contribution in [3.63, 3.8) is 0 Å². The minimum atomic E-state index is 0.630. The lowest BCUT2D eigenvalue weighted by Gasteiger charge is -2.35. The maximum atomic E-state index is 3.59. The molecule has 1 aliphatic heterocycles. The van der Waals surface area contributed by atoms with Gasteiger partial charge in [-0.3, -0.25) is 4.90 Å². The number of hydrogen-bond donors (Lipinski definition) is 1. The van der Waals surface area contributed by atoms with E-state index >= 15 is 0 Å². The van der Waals surface area contributed by atoms with Crippen molar-refractivity contribution in [1.82, 2.24) is 10.2 Å². The van der Waals surface area contributed by atoms with Crippen molar-refractivity contribution >= 4 is 0 Å². The van der Waals surface area contributed by atoms with Crippen molar-refractivity contribution in [3.8, 4) is 0 Å². The Morgan fingerprint density at radius 2 is 1.83 bits per heavy atom. The summed E-state index contributed by atoms with van der Waals surface area (Å²) in [4.78, 5) is 2.82. The molecule has 2 aliphatic rings. The van der Waals surface area contributed by atoms with Gasteiger partial charge >= 0.3 is 0 Å². The van der Waals surface area contributed by atoms with E-state index in [1.54, 1.807) is 0 Å². The number of rotatable bonds is 4. The molecule has 2 rings (SSSR count). The molecule has 1 aliphatic carbocycles. The third kappa shape index (κ3) is 2.91. The van der Waals surface area contributed by atoms with E-state index < -0.39 is 0 Å². The van der Waals surface area contributed by atoms with Gasteiger partial charge in [-0.05, 0) is 51.1 Å². The summed E-state index contributed by atoms with van der Waals surface area (Å²) in [5, 5.41) is 3.59. The molecule has 0 bridgehead atoms. The average Bonchev–Trinajstić information content (AvgIpc) is 2.70. The van der Waals surface area contributed by atoms with Crippen LogP contribution in [0.1, 0.15) is 65.2 Å². The number of likely N-dealkylation sites (tertiary alicyclic amines) is 1. The average molecular weight is 252 g/mol. The monoisotopic (exact) mass is 252 g/mol. The molecule has 0 aromatic rings. The van der Waals surface area contributed by atoms with Crippen LogP contribution in [0.5, 0.6) is 0 Å². The van der Waals surface area contributed by atoms with Gasteiger partial charge in [-0.2, -0.15) is 0 Å². The first kappa shape index (κ1) is 14.3. The summed E-state index contributed by atoms with van der Waals surface area (Å²) in [5.74, 6) is 0. The van der Waals surface area contributed by atoms with Crippen molar-refractivity contribution in [1.29, 1.82) is 0 Å². The normalized spacial score (nSPS) is 33.5. The van der Waals surface area contributed by atoms with Crippen LogP contribution < -0.4 is 5.32 Å². The van der Waals surface area contributed by atoms with E-state index in [0.29, 0.717) is 5.41 Å². The molecule has 2 nitrogen and oxygen atoms in total. The number of likely N-dealkylation sites (N-methyl/N-ethyl adjacent to an activating group) is 1. The maximum absolute atomic E-state index is 3.59. The first-order valence-corrected chi connectivity index (χ1v) is 8.16. The second-order valence-corrected chi connectivity index (χ2v) is 6.53. The summed E-state index contributed by atoms with van der Waals surface area (Å²) < 4.78 is 0. The van der Waals surface area contributed by atoms with Crippen LogP contribution in [0.2, 0.25) is 0 Å². The molecule has 0 amide bonds. The molecule has 2 fully saturated rings. The molecule has 1 N–H and O–H groups in total. The van der Waals surface area contributed by atoms with E-state index in [-0.39, 0.29) is 0 Å². The van der Waals surface area contributed by atoms with E-state index in [1.807, 2.05) is 0 Å². The van der Waals surface area contributed by atoms with Gasteiger partial charge in [0.2, 0.25) is 0 Å². The quantitative estimate of drug-likeness (QED) is 0.771. The Kier molecular flexibility index (Phi) is 5.08. The van der Waals surface area contributed by atoms with Crippen LogP contribution >= 0.6 is 0 Å². The predicted octanol–water partition coefficient (Wildman–Crippen LogP) is 3.42. The van der Waals surface area contributed by atoms with Gasteiger partial charge in [0.1, 0.15) is 0 Å². The van der Waals surface area contributed by atoms with Gasteiger partial charge in [0.05, 0.1) is 0 Å². The summed E-state index contributed by atoms with van der Waals surface area (Å²) in [6.07, 6.45) is 11.2. The second-order valence-electron chi connectivity index (χ2n) is 6.53. The Labute approximate surface area is 114 Å². The number of nitrogens with one attached hydrogen (secondary N) is 1. The minimum absolute atomic E-state index is 0.630. The minimum Gasteiger partial charge on any atom is -0.315 e. The van der Waals surface area contributed by atoms with Crippen LogP contribution in [-0.4, -0.2) is 37.1 Å². The Hall–Kier alpha value is -0.0800. The molecule has 0 spiro atoms. The zero-order valence-corrected chi connectivity index (χ0v) is 12.7. The summed E-state index contributed by atoms with van der Waals surface area (Å²) in [7, 11) is 2.16. The van der Waals surface area contributed by atoms with Crippen LogP contribution in [0.4, 0.5) is 0 Å². The van der Waals surface area contributed by atoms with Gasteiger partial charge in [-0.15, -0.1) is 0 Å². The molecule has 2 heteroatoms. The van der Waals surface area contributed by atoms with Gasteiger partial charge in [-0.25, -0.2) is 0 Å². The highest BCUT2D eigenvalue weighted by Gasteiger charge is 2.39. The Morgan fingerprint density at radius 1 is 1.11 bits per heavy atom. The topological polar surface area (TPSA) is 15.3 Å². The van der Waals surface area contributed by atoms with E-state index in [9.17, 15) is 0 Å². The van der Waals surface area contributed by atoms with Crippen LogP contribution in [0.15, 0.2) is 0 Å². The molecule has 0 radical (unpaired) electrons. The molecule has 1 saturated heterocycles. The zero-order chi connectivity index (χ0) is 13.0. The smallest absolute Gasteiger partial charge is 0.0249 e. The van der Waals surface area contributed by atoms with Gasteiger partial charge in [-0.1, -0.05) is 33.1 Å². The van der Waals surface area contributed by atoms with Gasteiger partial charge in [0.25, 0.3) is 0 Å². The SMILES string of the molecule is CCC1(CC)CCN(C2CCCCCC2NC)C1. The van der Waals surface area contributed by atoms with E-state index in [4.69, 9.17) is 0 Å². The molecule has 1 heterocycles.